The van der Waals surface area contributed by atoms with Crippen LogP contribution in [0.15, 0.2) is 54.6 Å². The van der Waals surface area contributed by atoms with Crippen LogP contribution in [0.4, 0.5) is 18.9 Å². The van der Waals surface area contributed by atoms with Gasteiger partial charge in [0.15, 0.2) is 0 Å². The lowest BCUT2D eigenvalue weighted by atomic mass is 10.1. The molecule has 2 aromatic rings. The lowest BCUT2D eigenvalue weighted by Crippen LogP contribution is -2.20. The van der Waals surface area contributed by atoms with Crippen molar-refractivity contribution < 1.29 is 22.7 Å². The van der Waals surface area contributed by atoms with Crippen molar-refractivity contribution >= 4 is 46.4 Å². The van der Waals surface area contributed by atoms with Gasteiger partial charge in [0.05, 0.1) is 16.3 Å². The second-order valence-electron chi connectivity index (χ2n) is 7.26. The van der Waals surface area contributed by atoms with Crippen molar-refractivity contribution in [2.24, 2.45) is 5.92 Å². The normalized spacial score (nSPS) is 12.0. The van der Waals surface area contributed by atoms with Crippen LogP contribution in [0.5, 0.6) is 0 Å². The SMILES string of the molecule is CC(C)CSCCOC(=O)c1ccc(/C(=C/C(=N)C(F)(F)F)Nc2ccccc2Cl)cc1. The van der Waals surface area contributed by atoms with E-state index in [-0.39, 0.29) is 17.9 Å². The summed E-state index contributed by atoms with van der Waals surface area (Å²) < 4.78 is 44.1. The Bertz CT molecular complexity index is 960. The van der Waals surface area contributed by atoms with Crippen molar-refractivity contribution in [3.63, 3.8) is 0 Å². The zero-order valence-corrected chi connectivity index (χ0v) is 19.2. The third-order valence-corrected chi connectivity index (χ3v) is 5.77. The van der Waals surface area contributed by atoms with Crippen molar-refractivity contribution in [1.29, 1.82) is 5.41 Å². The maximum Gasteiger partial charge on any atom is 0.432 e. The maximum atomic E-state index is 12.9. The summed E-state index contributed by atoms with van der Waals surface area (Å²) in [6.45, 7) is 4.50. The zero-order chi connectivity index (χ0) is 23.7. The van der Waals surface area contributed by atoms with Gasteiger partial charge in [0.1, 0.15) is 12.3 Å². The van der Waals surface area contributed by atoms with Gasteiger partial charge in [-0.05, 0) is 47.6 Å². The zero-order valence-electron chi connectivity index (χ0n) is 17.6. The van der Waals surface area contributed by atoms with Gasteiger partial charge in [-0.1, -0.05) is 49.7 Å². The Kier molecular flexibility index (Phi) is 9.65. The van der Waals surface area contributed by atoms with E-state index in [2.05, 4.69) is 19.2 Å². The molecule has 0 aliphatic rings. The number of rotatable bonds is 10. The predicted molar refractivity (Wildman–Crippen MR) is 126 cm³/mol. The molecule has 0 fully saturated rings. The monoisotopic (exact) mass is 484 g/mol. The lowest BCUT2D eigenvalue weighted by molar-refractivity contribution is -0.0583. The van der Waals surface area contributed by atoms with Crippen molar-refractivity contribution in [1.82, 2.24) is 0 Å². The molecule has 0 spiro atoms. The van der Waals surface area contributed by atoms with Gasteiger partial charge in [0.2, 0.25) is 0 Å². The summed E-state index contributed by atoms with van der Waals surface area (Å²) in [5, 5.41) is 10.5. The minimum atomic E-state index is -4.80. The fraction of sp³-hybridized carbons (Fsp3) is 0.304. The number of benzene rings is 2. The van der Waals surface area contributed by atoms with Gasteiger partial charge in [-0.25, -0.2) is 4.79 Å². The summed E-state index contributed by atoms with van der Waals surface area (Å²) in [7, 11) is 0. The molecule has 0 saturated heterocycles. The largest absolute Gasteiger partial charge is 0.461 e. The molecular weight excluding hydrogens is 461 g/mol. The molecule has 0 amide bonds. The third-order valence-electron chi connectivity index (χ3n) is 4.08. The van der Waals surface area contributed by atoms with E-state index in [4.69, 9.17) is 21.7 Å². The number of alkyl halides is 3. The van der Waals surface area contributed by atoms with Crippen molar-refractivity contribution in [2.45, 2.75) is 20.0 Å². The minimum absolute atomic E-state index is 0.0189. The highest BCUT2D eigenvalue weighted by Crippen LogP contribution is 2.27. The van der Waals surface area contributed by atoms with E-state index in [1.165, 1.54) is 24.3 Å². The number of anilines is 1. The summed E-state index contributed by atoms with van der Waals surface area (Å²) in [4.78, 5) is 12.2. The van der Waals surface area contributed by atoms with Crippen LogP contribution >= 0.6 is 23.4 Å². The molecule has 0 aliphatic heterocycles. The number of carbonyl (C=O) groups excluding carboxylic acids is 1. The summed E-state index contributed by atoms with van der Waals surface area (Å²) in [6, 6.07) is 12.5. The van der Waals surface area contributed by atoms with Gasteiger partial charge in [0, 0.05) is 11.4 Å². The summed E-state index contributed by atoms with van der Waals surface area (Å²) in [5.41, 5.74) is -0.480. The molecule has 0 aromatic heterocycles. The minimum Gasteiger partial charge on any atom is -0.461 e. The first-order chi connectivity index (χ1) is 15.1. The first kappa shape index (κ1) is 25.8. The second-order valence-corrected chi connectivity index (χ2v) is 8.81. The van der Waals surface area contributed by atoms with Crippen molar-refractivity contribution in [2.75, 3.05) is 23.4 Å². The van der Waals surface area contributed by atoms with Crippen LogP contribution in [0.1, 0.15) is 29.8 Å². The molecule has 0 heterocycles. The molecule has 0 atom stereocenters. The summed E-state index contributed by atoms with van der Waals surface area (Å²) >= 11 is 7.81. The number of thioether (sulfide) groups is 1. The molecule has 0 radical (unpaired) electrons. The Morgan fingerprint density at radius 2 is 1.78 bits per heavy atom. The first-order valence-corrected chi connectivity index (χ1v) is 11.4. The van der Waals surface area contributed by atoms with Crippen LogP contribution in [-0.4, -0.2) is 36.0 Å². The van der Waals surface area contributed by atoms with Gasteiger partial charge in [-0.2, -0.15) is 24.9 Å². The number of ether oxygens (including phenoxy) is 1. The van der Waals surface area contributed by atoms with E-state index in [9.17, 15) is 18.0 Å². The number of hydrogen-bond acceptors (Lipinski definition) is 5. The van der Waals surface area contributed by atoms with E-state index in [0.717, 1.165) is 5.75 Å². The molecule has 0 bridgehead atoms. The Labute approximate surface area is 194 Å². The molecule has 2 aromatic carbocycles. The molecule has 2 rings (SSSR count). The smallest absolute Gasteiger partial charge is 0.432 e. The number of esters is 1. The van der Waals surface area contributed by atoms with Gasteiger partial charge in [0.25, 0.3) is 0 Å². The number of carbonyl (C=O) groups is 1. The van der Waals surface area contributed by atoms with Crippen LogP contribution in [-0.2, 0) is 4.74 Å². The van der Waals surface area contributed by atoms with Crippen LogP contribution in [0.3, 0.4) is 0 Å². The van der Waals surface area contributed by atoms with E-state index in [0.29, 0.717) is 34.0 Å². The lowest BCUT2D eigenvalue weighted by Gasteiger charge is -2.15. The Balaban J connectivity index is 2.16. The van der Waals surface area contributed by atoms with Crippen LogP contribution < -0.4 is 5.32 Å². The molecule has 0 aliphatic carbocycles. The van der Waals surface area contributed by atoms with Gasteiger partial charge in [-0.3, -0.25) is 5.41 Å². The van der Waals surface area contributed by atoms with Gasteiger partial charge < -0.3 is 10.1 Å². The van der Waals surface area contributed by atoms with Crippen molar-refractivity contribution in [3.8, 4) is 0 Å². The van der Waals surface area contributed by atoms with E-state index in [1.807, 2.05) is 0 Å². The Morgan fingerprint density at radius 1 is 1.16 bits per heavy atom. The predicted octanol–water partition coefficient (Wildman–Crippen LogP) is 6.92. The molecule has 0 unspecified atom stereocenters. The topological polar surface area (TPSA) is 62.2 Å². The molecule has 32 heavy (non-hydrogen) atoms. The number of para-hydroxylation sites is 1. The average Bonchev–Trinajstić information content (AvgIpc) is 2.73. The maximum absolute atomic E-state index is 12.9. The number of halogens is 4. The second kappa shape index (κ2) is 12.0. The highest BCUT2D eigenvalue weighted by atomic mass is 35.5. The van der Waals surface area contributed by atoms with E-state index >= 15 is 0 Å². The van der Waals surface area contributed by atoms with Gasteiger partial charge in [-0.15, -0.1) is 0 Å². The van der Waals surface area contributed by atoms with Gasteiger partial charge >= 0.3 is 12.1 Å². The van der Waals surface area contributed by atoms with Crippen LogP contribution in [0.25, 0.3) is 5.70 Å². The Hall–Kier alpha value is -2.45. The molecule has 172 valence electrons. The number of hydrogen-bond donors (Lipinski definition) is 2. The quantitative estimate of drug-likeness (QED) is 0.218. The van der Waals surface area contributed by atoms with Crippen LogP contribution in [0, 0.1) is 11.3 Å². The third kappa shape index (κ3) is 8.24. The number of nitrogens with one attached hydrogen (secondary N) is 2. The summed E-state index contributed by atoms with van der Waals surface area (Å²) in [6.07, 6.45) is -4.12. The molecular formula is C23H24ClF3N2O2S. The number of allylic oxidation sites excluding steroid dienone is 1. The highest BCUT2D eigenvalue weighted by molar-refractivity contribution is 7.99. The molecule has 2 N–H and O–H groups in total. The van der Waals surface area contributed by atoms with Crippen LogP contribution in [0.2, 0.25) is 5.02 Å². The molecule has 9 heteroatoms. The molecule has 0 saturated carbocycles. The summed E-state index contributed by atoms with van der Waals surface area (Å²) in [5.74, 6) is 1.72. The highest BCUT2D eigenvalue weighted by Gasteiger charge is 2.33. The fourth-order valence-corrected chi connectivity index (χ4v) is 3.53. The molecule has 4 nitrogen and oxygen atoms in total. The van der Waals surface area contributed by atoms with E-state index in [1.54, 1.807) is 36.0 Å². The Morgan fingerprint density at radius 3 is 2.38 bits per heavy atom. The standard InChI is InChI=1S/C23H24ClF3N2O2S/c1-15(2)14-32-12-11-31-22(30)17-9-7-16(8-10-17)20(13-21(28)23(25,26)27)29-19-6-4-3-5-18(19)24/h3-10,13,15,28-29H,11-12,14H2,1-2H3/b20-13-,28-21?. The first-order valence-electron chi connectivity index (χ1n) is 9.82. The van der Waals surface area contributed by atoms with E-state index < -0.39 is 17.9 Å². The van der Waals surface area contributed by atoms with Crippen molar-refractivity contribution in [3.05, 3.63) is 70.8 Å². The fourth-order valence-electron chi connectivity index (χ4n) is 2.51. The average molecular weight is 485 g/mol.